The molecule has 0 unspecified atom stereocenters. The Morgan fingerprint density at radius 1 is 1.17 bits per heavy atom. The second-order valence-electron chi connectivity index (χ2n) is 7.10. The summed E-state index contributed by atoms with van der Waals surface area (Å²) >= 11 is 3.40. The molecule has 3 atom stereocenters. The summed E-state index contributed by atoms with van der Waals surface area (Å²) in [7, 11) is 0. The molecule has 0 N–H and O–H groups in total. The van der Waals surface area contributed by atoms with Gasteiger partial charge in [0.25, 0.3) is 5.91 Å². The number of hydrogen-bond donors (Lipinski definition) is 0. The minimum absolute atomic E-state index is 0.0992. The van der Waals surface area contributed by atoms with Crippen LogP contribution in [0.25, 0.3) is 0 Å². The summed E-state index contributed by atoms with van der Waals surface area (Å²) < 4.78 is 6.66. The predicted molar refractivity (Wildman–Crippen MR) is 99.2 cm³/mol. The highest BCUT2D eigenvalue weighted by molar-refractivity contribution is 9.10. The van der Waals surface area contributed by atoms with Crippen LogP contribution < -0.4 is 4.74 Å². The highest BCUT2D eigenvalue weighted by Gasteiger charge is 2.36. The van der Waals surface area contributed by atoms with E-state index in [1.54, 1.807) is 0 Å². The Labute approximate surface area is 153 Å². The van der Waals surface area contributed by atoms with Crippen molar-refractivity contribution in [3.05, 3.63) is 28.7 Å². The highest BCUT2D eigenvalue weighted by atomic mass is 79.9. The van der Waals surface area contributed by atoms with Gasteiger partial charge in [-0.05, 0) is 63.8 Å². The van der Waals surface area contributed by atoms with Gasteiger partial charge in [-0.3, -0.25) is 9.69 Å². The zero-order chi connectivity index (χ0) is 17.1. The van der Waals surface area contributed by atoms with E-state index in [4.69, 9.17) is 4.74 Å². The van der Waals surface area contributed by atoms with E-state index in [0.717, 1.165) is 29.7 Å². The van der Waals surface area contributed by atoms with Gasteiger partial charge in [-0.2, -0.15) is 0 Å². The third-order valence-corrected chi connectivity index (χ3v) is 5.90. The van der Waals surface area contributed by atoms with E-state index >= 15 is 0 Å². The van der Waals surface area contributed by atoms with E-state index in [-0.39, 0.29) is 12.5 Å². The topological polar surface area (TPSA) is 32.8 Å². The lowest BCUT2D eigenvalue weighted by Crippen LogP contribution is -2.53. The third-order valence-electron chi connectivity index (χ3n) is 5.37. The van der Waals surface area contributed by atoms with Gasteiger partial charge in [0.2, 0.25) is 0 Å². The quantitative estimate of drug-likeness (QED) is 0.780. The summed E-state index contributed by atoms with van der Waals surface area (Å²) in [5.74, 6) is 0.837. The molecule has 2 heterocycles. The van der Waals surface area contributed by atoms with Crippen LogP contribution in [0.4, 0.5) is 0 Å². The second-order valence-corrected chi connectivity index (χ2v) is 8.02. The summed E-state index contributed by atoms with van der Waals surface area (Å²) in [5, 5.41) is 0. The van der Waals surface area contributed by atoms with Gasteiger partial charge in [0.15, 0.2) is 6.61 Å². The molecule has 0 aliphatic carbocycles. The summed E-state index contributed by atoms with van der Waals surface area (Å²) in [6, 6.07) is 9.38. The number of likely N-dealkylation sites (tertiary alicyclic amines) is 2. The molecule has 3 rings (SSSR count). The number of amides is 1. The second kappa shape index (κ2) is 7.87. The molecular formula is C19H27BrN2O2. The Morgan fingerprint density at radius 3 is 2.50 bits per heavy atom. The molecule has 132 valence electrons. The average Bonchev–Trinajstić information content (AvgIpc) is 2.93. The molecule has 24 heavy (non-hydrogen) atoms. The van der Waals surface area contributed by atoms with Crippen LogP contribution in [0.5, 0.6) is 5.75 Å². The maximum Gasteiger partial charge on any atom is 0.260 e. The van der Waals surface area contributed by atoms with Crippen molar-refractivity contribution < 1.29 is 9.53 Å². The van der Waals surface area contributed by atoms with Gasteiger partial charge < -0.3 is 9.64 Å². The number of halogens is 1. The molecular weight excluding hydrogens is 368 g/mol. The lowest BCUT2D eigenvalue weighted by molar-refractivity contribution is -0.135. The number of benzene rings is 1. The van der Waals surface area contributed by atoms with Gasteiger partial charge in [0.1, 0.15) is 5.75 Å². The molecule has 0 bridgehead atoms. The molecule has 1 aromatic rings. The minimum Gasteiger partial charge on any atom is -0.484 e. The molecule has 2 saturated heterocycles. The highest BCUT2D eigenvalue weighted by Crippen LogP contribution is 2.29. The van der Waals surface area contributed by atoms with Crippen molar-refractivity contribution in [3.8, 4) is 5.75 Å². The molecule has 2 aliphatic rings. The number of ether oxygens (including phenoxy) is 1. The molecule has 0 saturated carbocycles. The smallest absolute Gasteiger partial charge is 0.260 e. The molecule has 2 fully saturated rings. The largest absolute Gasteiger partial charge is 0.484 e. The SMILES string of the molecule is C[C@@H]1CC[C@H](C)N1[C@@H]1CCCN(C(=O)COc2ccc(Br)cc2)C1. The van der Waals surface area contributed by atoms with Crippen molar-refractivity contribution in [2.75, 3.05) is 19.7 Å². The van der Waals surface area contributed by atoms with Gasteiger partial charge in [0, 0.05) is 35.7 Å². The lowest BCUT2D eigenvalue weighted by Gasteiger charge is -2.41. The van der Waals surface area contributed by atoms with Crippen LogP contribution in [0, 0.1) is 0 Å². The molecule has 5 heteroatoms. The van der Waals surface area contributed by atoms with E-state index in [1.807, 2.05) is 29.2 Å². The van der Waals surface area contributed by atoms with Gasteiger partial charge >= 0.3 is 0 Å². The first kappa shape index (κ1) is 17.7. The van der Waals surface area contributed by atoms with E-state index in [2.05, 4.69) is 34.7 Å². The fourth-order valence-corrected chi connectivity index (χ4v) is 4.39. The van der Waals surface area contributed by atoms with Crippen LogP contribution in [-0.4, -0.2) is 53.5 Å². The van der Waals surface area contributed by atoms with E-state index in [9.17, 15) is 4.79 Å². The Morgan fingerprint density at radius 2 is 1.83 bits per heavy atom. The van der Waals surface area contributed by atoms with Crippen LogP contribution >= 0.6 is 15.9 Å². The Kier molecular flexibility index (Phi) is 5.82. The summed E-state index contributed by atoms with van der Waals surface area (Å²) in [4.78, 5) is 17.2. The maximum atomic E-state index is 12.5. The van der Waals surface area contributed by atoms with E-state index in [1.165, 1.54) is 19.3 Å². The van der Waals surface area contributed by atoms with Gasteiger partial charge in [-0.1, -0.05) is 15.9 Å². The van der Waals surface area contributed by atoms with Crippen molar-refractivity contribution in [3.63, 3.8) is 0 Å². The van der Waals surface area contributed by atoms with E-state index in [0.29, 0.717) is 18.1 Å². The van der Waals surface area contributed by atoms with E-state index < -0.39 is 0 Å². The average molecular weight is 395 g/mol. The molecule has 0 spiro atoms. The molecule has 2 aliphatic heterocycles. The van der Waals surface area contributed by atoms with Crippen LogP contribution in [0.2, 0.25) is 0 Å². The van der Waals surface area contributed by atoms with Gasteiger partial charge in [0.05, 0.1) is 0 Å². The van der Waals surface area contributed by atoms with Crippen LogP contribution in [0.1, 0.15) is 39.5 Å². The summed E-state index contributed by atoms with van der Waals surface area (Å²) in [6.07, 6.45) is 4.84. The number of rotatable bonds is 4. The third kappa shape index (κ3) is 4.12. The molecule has 4 nitrogen and oxygen atoms in total. The first-order valence-corrected chi connectivity index (χ1v) is 9.77. The number of carbonyl (C=O) groups is 1. The van der Waals surface area contributed by atoms with Crippen molar-refractivity contribution in [1.29, 1.82) is 0 Å². The van der Waals surface area contributed by atoms with Gasteiger partial charge in [-0.15, -0.1) is 0 Å². The lowest BCUT2D eigenvalue weighted by atomic mass is 10.0. The number of carbonyl (C=O) groups excluding carboxylic acids is 1. The first-order valence-electron chi connectivity index (χ1n) is 8.98. The maximum absolute atomic E-state index is 12.5. The number of piperidine rings is 1. The molecule has 1 amide bonds. The Balaban J connectivity index is 1.54. The predicted octanol–water partition coefficient (Wildman–Crippen LogP) is 3.69. The Bertz CT molecular complexity index is 553. The van der Waals surface area contributed by atoms with Crippen molar-refractivity contribution in [1.82, 2.24) is 9.80 Å². The number of nitrogens with zero attached hydrogens (tertiary/aromatic N) is 2. The van der Waals surface area contributed by atoms with Crippen molar-refractivity contribution >= 4 is 21.8 Å². The summed E-state index contributed by atoms with van der Waals surface area (Å²) in [6.45, 7) is 6.47. The van der Waals surface area contributed by atoms with Crippen molar-refractivity contribution in [2.24, 2.45) is 0 Å². The van der Waals surface area contributed by atoms with Crippen LogP contribution in [0.3, 0.4) is 0 Å². The van der Waals surface area contributed by atoms with Gasteiger partial charge in [-0.25, -0.2) is 0 Å². The minimum atomic E-state index is 0.0992. The fourth-order valence-electron chi connectivity index (χ4n) is 4.13. The number of hydrogen-bond acceptors (Lipinski definition) is 3. The fraction of sp³-hybridized carbons (Fsp3) is 0.632. The standard InChI is InChI=1S/C19H27BrN2O2/c1-14-5-6-15(2)22(14)17-4-3-11-21(12-17)19(23)13-24-18-9-7-16(20)8-10-18/h7-10,14-15,17H,3-6,11-13H2,1-2H3/t14-,15+,17-/m1/s1. The Hall–Kier alpha value is -1.07. The van der Waals surface area contributed by atoms with Crippen LogP contribution in [0.15, 0.2) is 28.7 Å². The first-order chi connectivity index (χ1) is 11.5. The molecule has 0 radical (unpaired) electrons. The van der Waals surface area contributed by atoms with Crippen LogP contribution in [-0.2, 0) is 4.79 Å². The monoisotopic (exact) mass is 394 g/mol. The zero-order valence-corrected chi connectivity index (χ0v) is 16.2. The van der Waals surface area contributed by atoms with Crippen molar-refractivity contribution in [2.45, 2.75) is 57.7 Å². The zero-order valence-electron chi connectivity index (χ0n) is 14.6. The summed E-state index contributed by atoms with van der Waals surface area (Å²) in [5.41, 5.74) is 0. The molecule has 0 aromatic heterocycles. The molecule has 1 aromatic carbocycles. The normalized spacial score (nSPS) is 28.1.